The van der Waals surface area contributed by atoms with Gasteiger partial charge in [0.2, 0.25) is 0 Å². The normalized spacial score (nSPS) is 14.2. The van der Waals surface area contributed by atoms with Gasteiger partial charge in [0.05, 0.1) is 9.47 Å². The Morgan fingerprint density at radius 2 is 2.16 bits per heavy atom. The van der Waals surface area contributed by atoms with E-state index in [0.717, 1.165) is 34.5 Å². The van der Waals surface area contributed by atoms with Crippen LogP contribution in [-0.2, 0) is 17.7 Å². The number of anilines is 2. The predicted octanol–water partition coefficient (Wildman–Crippen LogP) is 5.81. The Morgan fingerprint density at radius 1 is 1.36 bits per heavy atom. The molecular weight excluding hydrogens is 400 g/mol. The van der Waals surface area contributed by atoms with Crippen molar-refractivity contribution in [3.05, 3.63) is 44.6 Å². The zero-order chi connectivity index (χ0) is 18.0. The number of fused-ring (bicyclic) bond motifs is 1. The van der Waals surface area contributed by atoms with Crippen LogP contribution in [0.2, 0.25) is 0 Å². The number of carbonyl (C=O) groups excluding carboxylic acids is 1. The summed E-state index contributed by atoms with van der Waals surface area (Å²) in [5.74, 6) is 0. The lowest BCUT2D eigenvalue weighted by Gasteiger charge is -2.32. The van der Waals surface area contributed by atoms with Crippen molar-refractivity contribution >= 4 is 44.7 Å². The first-order valence-electron chi connectivity index (χ1n) is 8.42. The molecule has 0 saturated heterocycles. The Morgan fingerprint density at radius 3 is 2.84 bits per heavy atom. The number of aryl methyl sites for hydroxylation is 1. The lowest BCUT2D eigenvalue weighted by atomic mass is 10.0. The van der Waals surface area contributed by atoms with Crippen LogP contribution in [0.4, 0.5) is 16.2 Å². The summed E-state index contributed by atoms with van der Waals surface area (Å²) in [6.07, 6.45) is 1.68. The smallest absolute Gasteiger partial charge is 0.414 e. The van der Waals surface area contributed by atoms with Crippen molar-refractivity contribution in [2.75, 3.05) is 16.8 Å². The number of carbonyl (C=O) groups is 1. The molecule has 0 unspecified atom stereocenters. The van der Waals surface area contributed by atoms with Gasteiger partial charge in [-0.05, 0) is 84.2 Å². The van der Waals surface area contributed by atoms with Gasteiger partial charge in [0.25, 0.3) is 0 Å². The number of benzene rings is 1. The second-order valence-electron chi connectivity index (χ2n) is 7.19. The summed E-state index contributed by atoms with van der Waals surface area (Å²) in [6, 6.07) is 8.36. The number of nitrogens with one attached hydrogen (secondary N) is 1. The van der Waals surface area contributed by atoms with E-state index >= 15 is 0 Å². The molecule has 1 aliphatic heterocycles. The van der Waals surface area contributed by atoms with Crippen molar-refractivity contribution in [2.45, 2.75) is 45.8 Å². The summed E-state index contributed by atoms with van der Waals surface area (Å²) in [5, 5.41) is 5.57. The monoisotopic (exact) mass is 422 g/mol. The Hall–Kier alpha value is -1.53. The van der Waals surface area contributed by atoms with Crippen LogP contribution in [0.3, 0.4) is 0 Å². The minimum absolute atomic E-state index is 0.271. The number of hydrogen-bond donors (Lipinski definition) is 1. The average Bonchev–Trinajstić information content (AvgIpc) is 2.96. The highest BCUT2D eigenvalue weighted by Gasteiger charge is 2.27. The maximum absolute atomic E-state index is 12.5. The maximum Gasteiger partial charge on any atom is 0.414 e. The molecule has 0 fully saturated rings. The van der Waals surface area contributed by atoms with Gasteiger partial charge < -0.3 is 10.1 Å². The van der Waals surface area contributed by atoms with Gasteiger partial charge in [-0.25, -0.2) is 4.79 Å². The van der Waals surface area contributed by atoms with Crippen molar-refractivity contribution in [3.8, 4) is 0 Å². The van der Waals surface area contributed by atoms with Gasteiger partial charge in [0.1, 0.15) is 5.60 Å². The Bertz CT molecular complexity index is 767. The van der Waals surface area contributed by atoms with E-state index < -0.39 is 5.60 Å². The van der Waals surface area contributed by atoms with Crippen LogP contribution in [0.15, 0.2) is 33.4 Å². The molecule has 6 heteroatoms. The van der Waals surface area contributed by atoms with Crippen molar-refractivity contribution in [3.63, 3.8) is 0 Å². The van der Waals surface area contributed by atoms with Crippen molar-refractivity contribution in [1.82, 2.24) is 0 Å². The predicted molar refractivity (Wildman–Crippen MR) is 108 cm³/mol. The molecule has 1 aliphatic rings. The molecule has 0 aliphatic carbocycles. The number of hydrogen-bond acceptors (Lipinski definition) is 4. The first kappa shape index (κ1) is 18.3. The lowest BCUT2D eigenvalue weighted by molar-refractivity contribution is 0.0578. The fraction of sp³-hybridized carbons (Fsp3) is 0.421. The van der Waals surface area contributed by atoms with Gasteiger partial charge in [0.15, 0.2) is 0 Å². The van der Waals surface area contributed by atoms with Crippen LogP contribution in [-0.4, -0.2) is 18.2 Å². The third kappa shape index (κ3) is 4.76. The molecule has 1 amide bonds. The highest BCUT2D eigenvalue weighted by molar-refractivity contribution is 9.11. The van der Waals surface area contributed by atoms with Crippen LogP contribution >= 0.6 is 27.3 Å². The molecule has 3 rings (SSSR count). The molecule has 4 nitrogen and oxygen atoms in total. The summed E-state index contributed by atoms with van der Waals surface area (Å²) in [5.41, 5.74) is 3.91. The zero-order valence-electron chi connectivity index (χ0n) is 14.8. The summed E-state index contributed by atoms with van der Waals surface area (Å²) >= 11 is 5.17. The quantitative estimate of drug-likeness (QED) is 0.678. The molecule has 25 heavy (non-hydrogen) atoms. The molecular formula is C19H23BrN2O2S. The topological polar surface area (TPSA) is 41.6 Å². The van der Waals surface area contributed by atoms with E-state index in [1.54, 1.807) is 16.2 Å². The largest absolute Gasteiger partial charge is 0.443 e. The number of rotatable bonds is 3. The Labute approximate surface area is 161 Å². The van der Waals surface area contributed by atoms with Gasteiger partial charge >= 0.3 is 6.09 Å². The van der Waals surface area contributed by atoms with Crippen molar-refractivity contribution in [2.24, 2.45) is 0 Å². The minimum atomic E-state index is -0.489. The molecule has 2 heterocycles. The second-order valence-corrected chi connectivity index (χ2v) is 9.48. The first-order chi connectivity index (χ1) is 11.8. The minimum Gasteiger partial charge on any atom is -0.443 e. The van der Waals surface area contributed by atoms with E-state index in [0.29, 0.717) is 6.54 Å². The van der Waals surface area contributed by atoms with Crippen LogP contribution in [0, 0.1) is 0 Å². The lowest BCUT2D eigenvalue weighted by Crippen LogP contribution is -2.39. The fourth-order valence-electron chi connectivity index (χ4n) is 2.83. The fourth-order valence-corrected chi connectivity index (χ4v) is 4.04. The van der Waals surface area contributed by atoms with E-state index in [4.69, 9.17) is 4.74 Å². The van der Waals surface area contributed by atoms with Gasteiger partial charge in [-0.1, -0.05) is 6.07 Å². The maximum atomic E-state index is 12.5. The average molecular weight is 423 g/mol. The number of ether oxygens (including phenoxy) is 1. The summed E-state index contributed by atoms with van der Waals surface area (Å²) in [4.78, 5) is 14.3. The number of thiophene rings is 1. The van der Waals surface area contributed by atoms with Crippen molar-refractivity contribution < 1.29 is 9.53 Å². The van der Waals surface area contributed by atoms with Gasteiger partial charge in [0, 0.05) is 18.8 Å². The van der Waals surface area contributed by atoms with E-state index in [1.165, 1.54) is 11.1 Å². The zero-order valence-corrected chi connectivity index (χ0v) is 17.2. The standard InChI is InChI=1S/C19H23BrN2O2S/c1-19(2,3)24-18(23)22-8-4-5-14-6-7-15(10-16(14)22)21-11-13-9-17(20)25-12-13/h6-7,9-10,12,21H,4-5,8,11H2,1-3H3. The molecule has 1 aromatic heterocycles. The van der Waals surface area contributed by atoms with E-state index in [9.17, 15) is 4.79 Å². The van der Waals surface area contributed by atoms with Gasteiger partial charge in [-0.15, -0.1) is 11.3 Å². The number of halogens is 1. The van der Waals surface area contributed by atoms with Gasteiger partial charge in [-0.3, -0.25) is 4.90 Å². The molecule has 0 bridgehead atoms. The Balaban J connectivity index is 1.76. The van der Waals surface area contributed by atoms with E-state index in [1.807, 2.05) is 20.8 Å². The molecule has 1 aromatic carbocycles. The molecule has 0 radical (unpaired) electrons. The Kier molecular flexibility index (Phi) is 5.39. The van der Waals surface area contributed by atoms with Crippen LogP contribution in [0.25, 0.3) is 0 Å². The summed E-state index contributed by atoms with van der Waals surface area (Å²) < 4.78 is 6.70. The first-order valence-corrected chi connectivity index (χ1v) is 10.1. The number of nitrogens with zero attached hydrogens (tertiary/aromatic N) is 1. The highest BCUT2D eigenvalue weighted by atomic mass is 79.9. The third-order valence-corrected chi connectivity index (χ3v) is 5.49. The van der Waals surface area contributed by atoms with Crippen LogP contribution < -0.4 is 10.2 Å². The molecule has 0 spiro atoms. The molecule has 1 N–H and O–H groups in total. The molecule has 0 atom stereocenters. The van der Waals surface area contributed by atoms with Crippen LogP contribution in [0.5, 0.6) is 0 Å². The SMILES string of the molecule is CC(C)(C)OC(=O)N1CCCc2ccc(NCc3csc(Br)c3)cc21. The number of amides is 1. The van der Waals surface area contributed by atoms with Crippen molar-refractivity contribution in [1.29, 1.82) is 0 Å². The highest BCUT2D eigenvalue weighted by Crippen LogP contribution is 2.31. The molecule has 2 aromatic rings. The van der Waals surface area contributed by atoms with E-state index in [-0.39, 0.29) is 6.09 Å². The van der Waals surface area contributed by atoms with E-state index in [2.05, 4.69) is 50.9 Å². The molecule has 134 valence electrons. The summed E-state index contributed by atoms with van der Waals surface area (Å²) in [6.45, 7) is 7.14. The van der Waals surface area contributed by atoms with Gasteiger partial charge in [-0.2, -0.15) is 0 Å². The molecule has 0 saturated carbocycles. The van der Waals surface area contributed by atoms with Crippen LogP contribution in [0.1, 0.15) is 38.3 Å². The summed E-state index contributed by atoms with van der Waals surface area (Å²) in [7, 11) is 0. The third-order valence-electron chi connectivity index (χ3n) is 3.94. The second kappa shape index (κ2) is 7.38.